The lowest BCUT2D eigenvalue weighted by molar-refractivity contribution is 0.201. The molecule has 8 nitrogen and oxygen atoms in total. The van der Waals surface area contributed by atoms with Gasteiger partial charge in [-0.25, -0.2) is 14.6 Å². The number of rotatable bonds is 6. The quantitative estimate of drug-likeness (QED) is 0.483. The summed E-state index contributed by atoms with van der Waals surface area (Å²) in [4.78, 5) is 11.1. The third-order valence-electron chi connectivity index (χ3n) is 6.27. The Morgan fingerprint density at radius 1 is 1.09 bits per heavy atom. The molecule has 0 atom stereocenters. The molecule has 2 aromatic heterocycles. The van der Waals surface area contributed by atoms with Crippen molar-refractivity contribution in [3.05, 3.63) is 42.7 Å². The highest BCUT2D eigenvalue weighted by Crippen LogP contribution is 2.33. The van der Waals surface area contributed by atoms with Crippen molar-refractivity contribution in [3.8, 4) is 17.0 Å². The van der Waals surface area contributed by atoms with E-state index >= 15 is 0 Å². The van der Waals surface area contributed by atoms with Gasteiger partial charge in [0.2, 0.25) is 0 Å². The molecule has 3 heterocycles. The van der Waals surface area contributed by atoms with E-state index in [-0.39, 0.29) is 13.2 Å². The van der Waals surface area contributed by atoms with E-state index in [1.54, 1.807) is 0 Å². The number of aromatic nitrogens is 4. The summed E-state index contributed by atoms with van der Waals surface area (Å²) in [6.45, 7) is 3.34. The second-order valence-electron chi connectivity index (χ2n) is 8.53. The minimum absolute atomic E-state index is 0.00619. The molecular weight excluding hydrogens is 404 g/mol. The van der Waals surface area contributed by atoms with Crippen LogP contribution in [0.3, 0.4) is 0 Å². The van der Waals surface area contributed by atoms with E-state index < -0.39 is 0 Å². The van der Waals surface area contributed by atoms with Crippen molar-refractivity contribution >= 4 is 27.6 Å². The molecule has 5 rings (SSSR count). The van der Waals surface area contributed by atoms with E-state index in [0.717, 1.165) is 71.3 Å². The van der Waals surface area contributed by atoms with Crippen LogP contribution in [0.4, 0.5) is 5.82 Å². The minimum atomic E-state index is -0.00619. The first-order valence-electron chi connectivity index (χ1n) is 11.1. The lowest BCUT2D eigenvalue weighted by Crippen LogP contribution is -2.32. The zero-order valence-corrected chi connectivity index (χ0v) is 18.2. The molecule has 32 heavy (non-hydrogen) atoms. The first-order chi connectivity index (χ1) is 15.6. The largest absolute Gasteiger partial charge is 0.491 e. The molecule has 8 heteroatoms. The van der Waals surface area contributed by atoms with Crippen LogP contribution in [0.15, 0.2) is 42.7 Å². The molecule has 0 aliphatic carbocycles. The number of nitrogens with two attached hydrogens (primary N) is 1. The standard InChI is InChI=1S/C24H28N6O2/c1-29-8-6-16(7-9-29)14-30-24-21(23(25)26-15-27-24)22(28-30)19-3-2-18-13-20(32-11-10-31)5-4-17(18)12-19/h2-5,12-13,15-16,31H,6-11,14H2,1H3,(H2,25,26,27). The van der Waals surface area contributed by atoms with Gasteiger partial charge >= 0.3 is 0 Å². The van der Waals surface area contributed by atoms with Crippen molar-refractivity contribution in [1.82, 2.24) is 24.6 Å². The summed E-state index contributed by atoms with van der Waals surface area (Å²) in [5, 5.41) is 16.9. The SMILES string of the molecule is CN1CCC(Cn2nc(-c3ccc4cc(OCCO)ccc4c3)c3c(N)ncnc32)CC1. The molecule has 0 unspecified atom stereocenters. The van der Waals surface area contributed by atoms with E-state index in [1.165, 1.54) is 6.33 Å². The van der Waals surface area contributed by atoms with Crippen LogP contribution in [0, 0.1) is 5.92 Å². The van der Waals surface area contributed by atoms with Crippen molar-refractivity contribution in [2.45, 2.75) is 19.4 Å². The van der Waals surface area contributed by atoms with Gasteiger partial charge in [-0.2, -0.15) is 5.10 Å². The number of nitrogen functional groups attached to an aromatic ring is 1. The summed E-state index contributed by atoms with van der Waals surface area (Å²) in [7, 11) is 2.17. The lowest BCUT2D eigenvalue weighted by atomic mass is 9.97. The molecule has 1 aliphatic heterocycles. The molecule has 1 saturated heterocycles. The van der Waals surface area contributed by atoms with Gasteiger partial charge in [0.1, 0.15) is 30.2 Å². The third-order valence-corrected chi connectivity index (χ3v) is 6.27. The van der Waals surface area contributed by atoms with Gasteiger partial charge < -0.3 is 20.5 Å². The van der Waals surface area contributed by atoms with Crippen LogP contribution in [0.25, 0.3) is 33.1 Å². The summed E-state index contributed by atoms with van der Waals surface area (Å²) in [5.74, 6) is 1.77. The van der Waals surface area contributed by atoms with E-state index in [9.17, 15) is 0 Å². The predicted octanol–water partition coefficient (Wildman–Crippen LogP) is 2.94. The molecule has 0 radical (unpaired) electrons. The smallest absolute Gasteiger partial charge is 0.163 e. The number of anilines is 1. The second kappa shape index (κ2) is 8.72. The minimum Gasteiger partial charge on any atom is -0.491 e. The van der Waals surface area contributed by atoms with E-state index in [2.05, 4.69) is 34.0 Å². The number of ether oxygens (including phenoxy) is 1. The van der Waals surface area contributed by atoms with E-state index in [1.807, 2.05) is 28.9 Å². The molecule has 2 aromatic carbocycles. The van der Waals surface area contributed by atoms with Crippen molar-refractivity contribution < 1.29 is 9.84 Å². The van der Waals surface area contributed by atoms with Gasteiger partial charge in [0.05, 0.1) is 12.0 Å². The number of likely N-dealkylation sites (tertiary alicyclic amines) is 1. The summed E-state index contributed by atoms with van der Waals surface area (Å²) < 4.78 is 7.54. The Morgan fingerprint density at radius 3 is 2.69 bits per heavy atom. The van der Waals surface area contributed by atoms with Crippen molar-refractivity contribution in [2.24, 2.45) is 5.92 Å². The molecule has 0 amide bonds. The third kappa shape index (κ3) is 3.99. The Hall–Kier alpha value is -3.23. The molecule has 1 aliphatic rings. The Kier molecular flexibility index (Phi) is 5.63. The topological polar surface area (TPSA) is 102 Å². The fourth-order valence-electron chi connectivity index (χ4n) is 4.47. The maximum Gasteiger partial charge on any atom is 0.163 e. The highest BCUT2D eigenvalue weighted by molar-refractivity contribution is 6.00. The summed E-state index contributed by atoms with van der Waals surface area (Å²) in [6.07, 6.45) is 3.83. The van der Waals surface area contributed by atoms with Crippen LogP contribution in [0.5, 0.6) is 5.75 Å². The van der Waals surface area contributed by atoms with Gasteiger partial charge in [-0.05, 0) is 67.9 Å². The summed E-state index contributed by atoms with van der Waals surface area (Å²) in [6, 6.07) is 12.1. The average molecular weight is 433 g/mol. The highest BCUT2D eigenvalue weighted by atomic mass is 16.5. The van der Waals surface area contributed by atoms with Gasteiger partial charge in [0.15, 0.2) is 5.65 Å². The molecule has 0 spiro atoms. The highest BCUT2D eigenvalue weighted by Gasteiger charge is 2.22. The predicted molar refractivity (Wildman–Crippen MR) is 125 cm³/mol. The first kappa shape index (κ1) is 20.7. The number of hydrogen-bond donors (Lipinski definition) is 2. The second-order valence-corrected chi connectivity index (χ2v) is 8.53. The van der Waals surface area contributed by atoms with E-state index in [0.29, 0.717) is 11.7 Å². The Morgan fingerprint density at radius 2 is 1.88 bits per heavy atom. The van der Waals surface area contributed by atoms with Crippen molar-refractivity contribution in [1.29, 1.82) is 0 Å². The molecular formula is C24H28N6O2. The normalized spacial score (nSPS) is 15.6. The lowest BCUT2D eigenvalue weighted by Gasteiger charge is -2.28. The number of benzene rings is 2. The van der Waals surface area contributed by atoms with Crippen LogP contribution in [0.2, 0.25) is 0 Å². The zero-order chi connectivity index (χ0) is 22.1. The molecule has 166 valence electrons. The monoisotopic (exact) mass is 432 g/mol. The number of hydrogen-bond acceptors (Lipinski definition) is 7. The number of aliphatic hydroxyl groups excluding tert-OH is 1. The van der Waals surface area contributed by atoms with Crippen LogP contribution >= 0.6 is 0 Å². The maximum absolute atomic E-state index is 8.97. The van der Waals surface area contributed by atoms with E-state index in [4.69, 9.17) is 20.7 Å². The van der Waals surface area contributed by atoms with Gasteiger partial charge in [0, 0.05) is 12.1 Å². The summed E-state index contributed by atoms with van der Waals surface area (Å²) >= 11 is 0. The van der Waals surface area contributed by atoms with Crippen LogP contribution < -0.4 is 10.5 Å². The van der Waals surface area contributed by atoms with Gasteiger partial charge in [-0.1, -0.05) is 18.2 Å². The molecule has 4 aromatic rings. The Labute approximate surface area is 186 Å². The summed E-state index contributed by atoms with van der Waals surface area (Å²) in [5.41, 5.74) is 8.88. The fourth-order valence-corrected chi connectivity index (χ4v) is 4.47. The Bertz CT molecular complexity index is 1250. The molecule has 3 N–H and O–H groups in total. The number of nitrogens with zero attached hydrogens (tertiary/aromatic N) is 5. The molecule has 0 saturated carbocycles. The molecule has 0 bridgehead atoms. The van der Waals surface area contributed by atoms with Gasteiger partial charge in [-0.3, -0.25) is 0 Å². The van der Waals surface area contributed by atoms with Crippen LogP contribution in [-0.4, -0.2) is 63.1 Å². The van der Waals surface area contributed by atoms with Crippen LogP contribution in [-0.2, 0) is 6.54 Å². The zero-order valence-electron chi connectivity index (χ0n) is 18.2. The fraction of sp³-hybridized carbons (Fsp3) is 0.375. The molecule has 1 fully saturated rings. The number of piperidine rings is 1. The number of fused-ring (bicyclic) bond motifs is 2. The first-order valence-corrected chi connectivity index (χ1v) is 11.1. The van der Waals surface area contributed by atoms with Crippen LogP contribution in [0.1, 0.15) is 12.8 Å². The van der Waals surface area contributed by atoms with Gasteiger partial charge in [-0.15, -0.1) is 0 Å². The van der Waals surface area contributed by atoms with Crippen molar-refractivity contribution in [3.63, 3.8) is 0 Å². The van der Waals surface area contributed by atoms with Gasteiger partial charge in [0.25, 0.3) is 0 Å². The number of aliphatic hydroxyl groups is 1. The Balaban J connectivity index is 1.52. The maximum atomic E-state index is 8.97. The van der Waals surface area contributed by atoms with Crippen molar-refractivity contribution in [2.75, 3.05) is 39.1 Å². The average Bonchev–Trinajstić information content (AvgIpc) is 3.18.